The zero-order valence-electron chi connectivity index (χ0n) is 16.9. The summed E-state index contributed by atoms with van der Waals surface area (Å²) in [6.45, 7) is 6.38. The van der Waals surface area contributed by atoms with Gasteiger partial charge in [0.25, 0.3) is 0 Å². The predicted molar refractivity (Wildman–Crippen MR) is 117 cm³/mol. The van der Waals surface area contributed by atoms with E-state index in [0.29, 0.717) is 16.6 Å². The first-order valence-corrected chi connectivity index (χ1v) is 11.1. The van der Waals surface area contributed by atoms with Gasteiger partial charge < -0.3 is 4.74 Å². The summed E-state index contributed by atoms with van der Waals surface area (Å²) >= 11 is 12.3. The summed E-state index contributed by atoms with van der Waals surface area (Å²) in [7, 11) is 0. The molecule has 1 atom stereocenters. The fraction of sp³-hybridized carbons (Fsp3) is 0.435. The van der Waals surface area contributed by atoms with Crippen molar-refractivity contribution in [3.05, 3.63) is 69.0 Å². The third-order valence-electron chi connectivity index (χ3n) is 5.78. The maximum Gasteiger partial charge on any atom is 0.341 e. The predicted octanol–water partition coefficient (Wildman–Crippen LogP) is 5.33. The smallest absolute Gasteiger partial charge is 0.341 e. The molecule has 1 aliphatic carbocycles. The van der Waals surface area contributed by atoms with E-state index >= 15 is 0 Å². The summed E-state index contributed by atoms with van der Waals surface area (Å²) < 4.78 is 19.6. The number of hydrogen-bond donors (Lipinski definition) is 0. The number of carbonyl (C=O) groups excluding carboxylic acids is 1. The molecule has 1 aliphatic heterocycles. The number of hydrogen-bond acceptors (Lipinski definition) is 4. The van der Waals surface area contributed by atoms with Gasteiger partial charge in [-0.05, 0) is 61.2 Å². The summed E-state index contributed by atoms with van der Waals surface area (Å²) in [5, 5.41) is 1.30. The highest BCUT2D eigenvalue weighted by molar-refractivity contribution is 6.34. The lowest BCUT2D eigenvalue weighted by atomic mass is 10.1. The standard InChI is InChI=1S/C23H25Cl2FN2O2/c1-15(17-11-18(24)13-19(25)12-17)28-8-6-27(7-9-28)14-16-2-5-21(22(26)10-16)23(29)30-20-3-4-20/h2,5,10-13,15,20H,3-4,6-9,14H2,1H3. The van der Waals surface area contributed by atoms with E-state index in [0.717, 1.165) is 50.1 Å². The largest absolute Gasteiger partial charge is 0.459 e. The summed E-state index contributed by atoms with van der Waals surface area (Å²) in [5.41, 5.74) is 1.99. The van der Waals surface area contributed by atoms with E-state index in [1.807, 2.05) is 18.2 Å². The van der Waals surface area contributed by atoms with E-state index in [-0.39, 0.29) is 17.7 Å². The van der Waals surface area contributed by atoms with Crippen molar-refractivity contribution in [1.29, 1.82) is 0 Å². The van der Waals surface area contributed by atoms with Crippen LogP contribution in [0.5, 0.6) is 0 Å². The molecule has 2 aromatic rings. The van der Waals surface area contributed by atoms with E-state index in [9.17, 15) is 9.18 Å². The van der Waals surface area contributed by atoms with Gasteiger partial charge in [0.05, 0.1) is 5.56 Å². The molecule has 0 N–H and O–H groups in total. The lowest BCUT2D eigenvalue weighted by molar-refractivity contribution is 0.0467. The summed E-state index contributed by atoms with van der Waals surface area (Å²) in [4.78, 5) is 16.7. The quantitative estimate of drug-likeness (QED) is 0.556. The van der Waals surface area contributed by atoms with Gasteiger partial charge in [0.15, 0.2) is 0 Å². The van der Waals surface area contributed by atoms with Crippen molar-refractivity contribution in [3.63, 3.8) is 0 Å². The monoisotopic (exact) mass is 450 g/mol. The van der Waals surface area contributed by atoms with Gasteiger partial charge in [-0.15, -0.1) is 0 Å². The number of carbonyl (C=O) groups is 1. The Balaban J connectivity index is 1.32. The molecule has 1 heterocycles. The van der Waals surface area contributed by atoms with Gasteiger partial charge in [0.2, 0.25) is 0 Å². The van der Waals surface area contributed by atoms with Crippen LogP contribution in [0.2, 0.25) is 10.0 Å². The van der Waals surface area contributed by atoms with Crippen LogP contribution in [-0.4, -0.2) is 48.1 Å². The lowest BCUT2D eigenvalue weighted by Crippen LogP contribution is -2.46. The topological polar surface area (TPSA) is 32.8 Å². The van der Waals surface area contributed by atoms with Crippen LogP contribution in [-0.2, 0) is 11.3 Å². The van der Waals surface area contributed by atoms with Gasteiger partial charge in [-0.1, -0.05) is 29.3 Å². The van der Waals surface area contributed by atoms with Gasteiger partial charge in [-0.25, -0.2) is 9.18 Å². The molecule has 2 aromatic carbocycles. The van der Waals surface area contributed by atoms with Crippen molar-refractivity contribution in [2.45, 2.75) is 38.5 Å². The fourth-order valence-corrected chi connectivity index (χ4v) is 4.36. The maximum absolute atomic E-state index is 14.4. The Kier molecular flexibility index (Phi) is 6.63. The molecule has 0 aromatic heterocycles. The van der Waals surface area contributed by atoms with Gasteiger partial charge in [-0.2, -0.15) is 0 Å². The van der Waals surface area contributed by atoms with E-state index in [1.165, 1.54) is 12.1 Å². The Labute approximate surface area is 186 Å². The molecule has 0 spiro atoms. The second kappa shape index (κ2) is 9.23. The normalized spacial score (nSPS) is 18.9. The van der Waals surface area contributed by atoms with Crippen molar-refractivity contribution in [2.75, 3.05) is 26.2 Å². The van der Waals surface area contributed by atoms with Crippen LogP contribution in [0.25, 0.3) is 0 Å². The molecule has 30 heavy (non-hydrogen) atoms. The van der Waals surface area contributed by atoms with Gasteiger partial charge in [0.1, 0.15) is 11.9 Å². The number of benzene rings is 2. The molecule has 4 nitrogen and oxygen atoms in total. The minimum Gasteiger partial charge on any atom is -0.459 e. The number of nitrogens with zero attached hydrogens (tertiary/aromatic N) is 2. The summed E-state index contributed by atoms with van der Waals surface area (Å²) in [6.07, 6.45) is 1.72. The van der Waals surface area contributed by atoms with Crippen molar-refractivity contribution < 1.29 is 13.9 Å². The third-order valence-corrected chi connectivity index (χ3v) is 6.22. The first-order valence-electron chi connectivity index (χ1n) is 10.3. The Morgan fingerprint density at radius 3 is 2.37 bits per heavy atom. The van der Waals surface area contributed by atoms with Crippen LogP contribution in [0.3, 0.4) is 0 Å². The molecule has 0 radical (unpaired) electrons. The van der Waals surface area contributed by atoms with Crippen LogP contribution in [0.15, 0.2) is 36.4 Å². The molecule has 4 rings (SSSR count). The van der Waals surface area contributed by atoms with Gasteiger partial charge in [0, 0.05) is 48.8 Å². The Bertz CT molecular complexity index is 907. The summed E-state index contributed by atoms with van der Waals surface area (Å²) in [6, 6.07) is 10.7. The fourth-order valence-electron chi connectivity index (χ4n) is 3.82. The number of halogens is 3. The zero-order valence-corrected chi connectivity index (χ0v) is 18.4. The number of esters is 1. The molecular formula is C23H25Cl2FN2O2. The average molecular weight is 451 g/mol. The highest BCUT2D eigenvalue weighted by Crippen LogP contribution is 2.28. The third kappa shape index (κ3) is 5.33. The van der Waals surface area contributed by atoms with Gasteiger partial charge >= 0.3 is 5.97 Å². The maximum atomic E-state index is 14.4. The SMILES string of the molecule is CC(c1cc(Cl)cc(Cl)c1)N1CCN(Cc2ccc(C(=O)OC3CC3)c(F)c2)CC1. The highest BCUT2D eigenvalue weighted by atomic mass is 35.5. The molecule has 0 amide bonds. The molecule has 2 fully saturated rings. The van der Waals surface area contributed by atoms with Crippen LogP contribution in [0.4, 0.5) is 4.39 Å². The second-order valence-corrected chi connectivity index (χ2v) is 8.98. The Hall–Kier alpha value is -1.66. The molecular weight excluding hydrogens is 426 g/mol. The van der Waals surface area contributed by atoms with Crippen molar-refractivity contribution in [3.8, 4) is 0 Å². The number of ether oxygens (including phenoxy) is 1. The molecule has 1 saturated carbocycles. The molecule has 1 unspecified atom stereocenters. The van der Waals surface area contributed by atoms with E-state index in [4.69, 9.17) is 27.9 Å². The molecule has 0 bridgehead atoms. The number of rotatable bonds is 6. The van der Waals surface area contributed by atoms with E-state index in [1.54, 1.807) is 6.07 Å². The zero-order chi connectivity index (χ0) is 21.3. The van der Waals surface area contributed by atoms with Crippen molar-refractivity contribution in [1.82, 2.24) is 9.80 Å². The minimum atomic E-state index is -0.565. The second-order valence-electron chi connectivity index (χ2n) is 8.11. The summed E-state index contributed by atoms with van der Waals surface area (Å²) in [5.74, 6) is -1.08. The molecule has 2 aliphatic rings. The molecule has 1 saturated heterocycles. The van der Waals surface area contributed by atoms with Crippen molar-refractivity contribution in [2.24, 2.45) is 0 Å². The number of piperazine rings is 1. The van der Waals surface area contributed by atoms with Crippen LogP contribution < -0.4 is 0 Å². The average Bonchev–Trinajstić information content (AvgIpc) is 3.51. The van der Waals surface area contributed by atoms with Crippen LogP contribution in [0, 0.1) is 5.82 Å². The van der Waals surface area contributed by atoms with E-state index in [2.05, 4.69) is 16.7 Å². The molecule has 160 valence electrons. The first kappa shape index (κ1) is 21.6. The highest BCUT2D eigenvalue weighted by Gasteiger charge is 2.28. The first-order chi connectivity index (χ1) is 14.4. The Morgan fingerprint density at radius 2 is 1.77 bits per heavy atom. The Morgan fingerprint density at radius 1 is 1.10 bits per heavy atom. The van der Waals surface area contributed by atoms with Gasteiger partial charge in [-0.3, -0.25) is 9.80 Å². The molecule has 7 heteroatoms. The van der Waals surface area contributed by atoms with E-state index < -0.39 is 11.8 Å². The lowest BCUT2D eigenvalue weighted by Gasteiger charge is -2.38. The van der Waals surface area contributed by atoms with Crippen molar-refractivity contribution >= 4 is 29.2 Å². The minimum absolute atomic E-state index is 0.0180. The van der Waals surface area contributed by atoms with Crippen LogP contribution >= 0.6 is 23.2 Å². The van der Waals surface area contributed by atoms with Crippen LogP contribution in [0.1, 0.15) is 47.3 Å².